The number of nitro benzene ring substituents is 1. The summed E-state index contributed by atoms with van der Waals surface area (Å²) in [6, 6.07) is 18.1. The summed E-state index contributed by atoms with van der Waals surface area (Å²) in [6.07, 6.45) is 0. The van der Waals surface area contributed by atoms with Crippen LogP contribution >= 0.6 is 0 Å². The molecule has 0 radical (unpaired) electrons. The van der Waals surface area contributed by atoms with E-state index in [1.165, 1.54) is 12.1 Å². The van der Waals surface area contributed by atoms with E-state index in [9.17, 15) is 20.2 Å². The lowest BCUT2D eigenvalue weighted by atomic mass is 9.78. The highest BCUT2D eigenvalue weighted by atomic mass is 16.6. The predicted octanol–water partition coefficient (Wildman–Crippen LogP) is 2.09. The molecule has 3 aromatic rings. The Labute approximate surface area is 126 Å². The van der Waals surface area contributed by atoms with E-state index >= 15 is 0 Å². The maximum atomic E-state index is 11.0. The number of rotatable bonds is 3. The van der Waals surface area contributed by atoms with Crippen molar-refractivity contribution < 1.29 is 15.0 Å². The third-order valence-electron chi connectivity index (χ3n) is 3.57. The average Bonchev–Trinajstić information content (AvgIpc) is 2.53. The third-order valence-corrected chi connectivity index (χ3v) is 3.57. The van der Waals surface area contributed by atoms with Crippen LogP contribution in [0.15, 0.2) is 60.7 Å². The van der Waals surface area contributed by atoms with Gasteiger partial charge in [-0.2, -0.15) is 0 Å². The third kappa shape index (κ3) is 2.57. The molecular formula is C16H12BNO4. The summed E-state index contributed by atoms with van der Waals surface area (Å²) in [5, 5.41) is 31.1. The zero-order valence-electron chi connectivity index (χ0n) is 11.5. The molecule has 0 spiro atoms. The van der Waals surface area contributed by atoms with E-state index in [4.69, 9.17) is 0 Å². The maximum Gasteiger partial charge on any atom is 0.495 e. The molecule has 0 aliphatic rings. The largest absolute Gasteiger partial charge is 0.495 e. The van der Waals surface area contributed by atoms with E-state index in [0.717, 1.165) is 16.5 Å². The molecule has 6 heteroatoms. The van der Waals surface area contributed by atoms with Crippen LogP contribution in [0.2, 0.25) is 0 Å². The molecule has 2 N–H and O–H groups in total. The maximum absolute atomic E-state index is 11.0. The molecule has 0 amide bonds. The Hall–Kier alpha value is -2.70. The van der Waals surface area contributed by atoms with Crippen molar-refractivity contribution in [2.75, 3.05) is 0 Å². The fourth-order valence-electron chi connectivity index (χ4n) is 2.48. The van der Waals surface area contributed by atoms with Crippen LogP contribution in [0.25, 0.3) is 21.9 Å². The van der Waals surface area contributed by atoms with Gasteiger partial charge in [0.2, 0.25) is 0 Å². The molecule has 0 aliphatic heterocycles. The standard InChI is InChI=1S/C16H12BNO4/c19-17(20)15-9-14-8-12(11-4-2-1-3-5-11)6-7-13(14)10-16(15)18(21)22/h1-10,19-20H. The topological polar surface area (TPSA) is 83.6 Å². The highest BCUT2D eigenvalue weighted by molar-refractivity contribution is 6.60. The molecule has 22 heavy (non-hydrogen) atoms. The van der Waals surface area contributed by atoms with Gasteiger partial charge in [-0.1, -0.05) is 42.5 Å². The van der Waals surface area contributed by atoms with Crippen LogP contribution in [-0.4, -0.2) is 22.1 Å². The molecule has 3 aromatic carbocycles. The molecule has 5 nitrogen and oxygen atoms in total. The minimum absolute atomic E-state index is 0.109. The summed E-state index contributed by atoms with van der Waals surface area (Å²) in [4.78, 5) is 10.4. The SMILES string of the molecule is O=[N+]([O-])c1cc2ccc(-c3ccccc3)cc2cc1B(O)O. The first-order chi connectivity index (χ1) is 10.6. The number of benzene rings is 3. The Balaban J connectivity index is 2.20. The van der Waals surface area contributed by atoms with Crippen molar-refractivity contribution in [3.8, 4) is 11.1 Å². The van der Waals surface area contributed by atoms with Crippen LogP contribution in [0.5, 0.6) is 0 Å². The predicted molar refractivity (Wildman–Crippen MR) is 85.9 cm³/mol. The summed E-state index contributed by atoms with van der Waals surface area (Å²) in [6.45, 7) is 0. The minimum Gasteiger partial charge on any atom is -0.423 e. The quantitative estimate of drug-likeness (QED) is 0.440. The number of nitrogens with zero attached hydrogens (tertiary/aromatic N) is 1. The number of hydrogen-bond donors (Lipinski definition) is 2. The van der Waals surface area contributed by atoms with Crippen molar-refractivity contribution in [1.29, 1.82) is 0 Å². The Kier molecular flexibility index (Phi) is 3.62. The monoisotopic (exact) mass is 293 g/mol. The first-order valence-corrected chi connectivity index (χ1v) is 6.70. The summed E-state index contributed by atoms with van der Waals surface area (Å²) >= 11 is 0. The zero-order valence-corrected chi connectivity index (χ0v) is 11.5. The van der Waals surface area contributed by atoms with Gasteiger partial charge in [-0.3, -0.25) is 10.1 Å². The molecule has 0 aromatic heterocycles. The summed E-state index contributed by atoms with van der Waals surface area (Å²) in [5.41, 5.74) is 1.58. The Morgan fingerprint density at radius 1 is 0.864 bits per heavy atom. The fourth-order valence-corrected chi connectivity index (χ4v) is 2.48. The molecule has 0 unspecified atom stereocenters. The van der Waals surface area contributed by atoms with Crippen molar-refractivity contribution in [1.82, 2.24) is 0 Å². The molecule has 0 saturated carbocycles. The van der Waals surface area contributed by atoms with Gasteiger partial charge in [-0.15, -0.1) is 0 Å². The van der Waals surface area contributed by atoms with Gasteiger partial charge < -0.3 is 10.0 Å². The smallest absolute Gasteiger partial charge is 0.423 e. The summed E-state index contributed by atoms with van der Waals surface area (Å²) in [5.74, 6) is 0. The zero-order chi connectivity index (χ0) is 15.7. The average molecular weight is 293 g/mol. The van der Waals surface area contributed by atoms with Crippen LogP contribution in [0.3, 0.4) is 0 Å². The Morgan fingerprint density at radius 3 is 2.23 bits per heavy atom. The lowest BCUT2D eigenvalue weighted by Crippen LogP contribution is -2.31. The molecule has 0 aliphatic carbocycles. The molecule has 3 rings (SSSR count). The van der Waals surface area contributed by atoms with Crippen LogP contribution in [0.4, 0.5) is 5.69 Å². The van der Waals surface area contributed by atoms with Crippen molar-refractivity contribution in [2.24, 2.45) is 0 Å². The molecule has 0 saturated heterocycles. The highest BCUT2D eigenvalue weighted by Gasteiger charge is 2.24. The van der Waals surface area contributed by atoms with Crippen molar-refractivity contribution in [3.05, 3.63) is 70.8 Å². The van der Waals surface area contributed by atoms with Gasteiger partial charge in [-0.25, -0.2) is 0 Å². The first-order valence-electron chi connectivity index (χ1n) is 6.70. The first kappa shape index (κ1) is 14.3. The molecule has 0 heterocycles. The van der Waals surface area contributed by atoms with Crippen molar-refractivity contribution in [2.45, 2.75) is 0 Å². The van der Waals surface area contributed by atoms with E-state index in [0.29, 0.717) is 5.39 Å². The lowest BCUT2D eigenvalue weighted by Gasteiger charge is -2.07. The van der Waals surface area contributed by atoms with E-state index in [1.807, 2.05) is 42.5 Å². The van der Waals surface area contributed by atoms with E-state index in [1.54, 1.807) is 6.07 Å². The Bertz CT molecular complexity index is 849. The number of hydrogen-bond acceptors (Lipinski definition) is 4. The van der Waals surface area contributed by atoms with Crippen LogP contribution in [0, 0.1) is 10.1 Å². The molecule has 0 atom stereocenters. The van der Waals surface area contributed by atoms with Gasteiger partial charge in [-0.05, 0) is 34.0 Å². The van der Waals surface area contributed by atoms with Crippen LogP contribution in [0.1, 0.15) is 0 Å². The summed E-state index contributed by atoms with van der Waals surface area (Å²) < 4.78 is 0. The fraction of sp³-hybridized carbons (Fsp3) is 0. The van der Waals surface area contributed by atoms with E-state index in [-0.39, 0.29) is 11.2 Å². The normalized spacial score (nSPS) is 10.6. The van der Waals surface area contributed by atoms with Gasteiger partial charge in [0.15, 0.2) is 0 Å². The second-order valence-corrected chi connectivity index (χ2v) is 4.97. The highest BCUT2D eigenvalue weighted by Crippen LogP contribution is 2.26. The van der Waals surface area contributed by atoms with E-state index < -0.39 is 12.0 Å². The molecular weight excluding hydrogens is 281 g/mol. The van der Waals surface area contributed by atoms with Crippen molar-refractivity contribution >= 4 is 29.0 Å². The van der Waals surface area contributed by atoms with Crippen molar-refractivity contribution in [3.63, 3.8) is 0 Å². The van der Waals surface area contributed by atoms with E-state index in [2.05, 4.69) is 0 Å². The van der Waals surface area contributed by atoms with Crippen LogP contribution < -0.4 is 5.46 Å². The van der Waals surface area contributed by atoms with Crippen LogP contribution in [-0.2, 0) is 0 Å². The molecule has 0 bridgehead atoms. The van der Waals surface area contributed by atoms with Gasteiger partial charge >= 0.3 is 7.12 Å². The number of nitro groups is 1. The van der Waals surface area contributed by atoms with Gasteiger partial charge in [0.05, 0.1) is 10.4 Å². The van der Waals surface area contributed by atoms with Gasteiger partial charge in [0.25, 0.3) is 5.69 Å². The molecule has 0 fully saturated rings. The lowest BCUT2D eigenvalue weighted by molar-refractivity contribution is -0.383. The summed E-state index contributed by atoms with van der Waals surface area (Å²) in [7, 11) is -1.88. The molecule has 108 valence electrons. The second-order valence-electron chi connectivity index (χ2n) is 4.97. The number of fused-ring (bicyclic) bond motifs is 1. The minimum atomic E-state index is -1.88. The second kappa shape index (κ2) is 5.59. The van der Waals surface area contributed by atoms with Gasteiger partial charge in [0.1, 0.15) is 0 Å². The Morgan fingerprint density at radius 2 is 1.59 bits per heavy atom. The van der Waals surface area contributed by atoms with Gasteiger partial charge in [0, 0.05) is 6.07 Å².